The largest absolute Gasteiger partial charge is 0.394 e. The van der Waals surface area contributed by atoms with Crippen molar-refractivity contribution in [2.75, 3.05) is 13.2 Å². The minimum atomic E-state index is -1.33. The number of hydrogen-bond donors (Lipinski definition) is 4. The first kappa shape index (κ1) is 11.8. The average Bonchev–Trinajstić information content (AvgIpc) is 2.18. The van der Waals surface area contributed by atoms with Crippen molar-refractivity contribution in [3.63, 3.8) is 0 Å². The first-order valence-electron chi connectivity index (χ1n) is 4.54. The summed E-state index contributed by atoms with van der Waals surface area (Å²) < 4.78 is 9.86. The highest BCUT2D eigenvalue weighted by molar-refractivity contribution is 4.89. The van der Waals surface area contributed by atoms with Gasteiger partial charge in [0.15, 0.2) is 6.29 Å². The SMILES string of the molecule is CCO[C@@H]1C(O)O[C@H](CO)[C@@H](O)[C@@H]1O. The van der Waals surface area contributed by atoms with Crippen molar-refractivity contribution in [3.05, 3.63) is 0 Å². The minimum Gasteiger partial charge on any atom is -0.394 e. The van der Waals surface area contributed by atoms with Crippen LogP contribution < -0.4 is 0 Å². The molecule has 0 aromatic heterocycles. The van der Waals surface area contributed by atoms with Crippen molar-refractivity contribution in [2.24, 2.45) is 0 Å². The Kier molecular flexibility index (Phi) is 4.24. The summed E-state index contributed by atoms with van der Waals surface area (Å²) in [7, 11) is 0. The third-order valence-electron chi connectivity index (χ3n) is 2.20. The maximum atomic E-state index is 9.51. The van der Waals surface area contributed by atoms with Crippen molar-refractivity contribution in [3.8, 4) is 0 Å². The molecule has 0 aliphatic carbocycles. The zero-order valence-corrected chi connectivity index (χ0v) is 7.91. The number of hydrogen-bond acceptors (Lipinski definition) is 6. The van der Waals surface area contributed by atoms with Gasteiger partial charge < -0.3 is 29.9 Å². The molecule has 1 aliphatic heterocycles. The lowest BCUT2D eigenvalue weighted by atomic mass is 9.99. The zero-order chi connectivity index (χ0) is 10.7. The summed E-state index contributed by atoms with van der Waals surface area (Å²) in [6.45, 7) is 1.52. The Morgan fingerprint density at radius 1 is 1.21 bits per heavy atom. The van der Waals surface area contributed by atoms with Crippen LogP contribution in [0.4, 0.5) is 0 Å². The molecule has 0 bridgehead atoms. The predicted octanol–water partition coefficient (Wildman–Crippen LogP) is -2.18. The molecule has 1 saturated heterocycles. The summed E-state index contributed by atoms with van der Waals surface area (Å²) in [5.41, 5.74) is 0. The van der Waals surface area contributed by atoms with Gasteiger partial charge in [0.2, 0.25) is 0 Å². The molecule has 0 radical (unpaired) electrons. The van der Waals surface area contributed by atoms with Crippen molar-refractivity contribution in [1.29, 1.82) is 0 Å². The highest BCUT2D eigenvalue weighted by Gasteiger charge is 2.43. The van der Waals surface area contributed by atoms with Crippen molar-refractivity contribution < 1.29 is 29.9 Å². The van der Waals surface area contributed by atoms with Crippen LogP contribution in [0, 0.1) is 0 Å². The summed E-state index contributed by atoms with van der Waals surface area (Å²) in [6, 6.07) is 0. The molecular formula is C8H16O6. The fourth-order valence-electron chi connectivity index (χ4n) is 1.44. The molecule has 0 saturated carbocycles. The molecule has 6 nitrogen and oxygen atoms in total. The highest BCUT2D eigenvalue weighted by Crippen LogP contribution is 2.21. The molecular weight excluding hydrogens is 192 g/mol. The molecule has 6 heteroatoms. The third-order valence-corrected chi connectivity index (χ3v) is 2.20. The molecule has 5 atom stereocenters. The first-order valence-corrected chi connectivity index (χ1v) is 4.54. The maximum Gasteiger partial charge on any atom is 0.184 e. The smallest absolute Gasteiger partial charge is 0.184 e. The fraction of sp³-hybridized carbons (Fsp3) is 1.00. The zero-order valence-electron chi connectivity index (χ0n) is 7.91. The van der Waals surface area contributed by atoms with E-state index in [-0.39, 0.29) is 0 Å². The Bertz CT molecular complexity index is 175. The third kappa shape index (κ3) is 2.22. The van der Waals surface area contributed by atoms with E-state index < -0.39 is 37.3 Å². The topological polar surface area (TPSA) is 99.4 Å². The van der Waals surface area contributed by atoms with Crippen LogP contribution in [0.25, 0.3) is 0 Å². The molecule has 1 fully saturated rings. The van der Waals surface area contributed by atoms with E-state index in [0.717, 1.165) is 0 Å². The van der Waals surface area contributed by atoms with Crippen molar-refractivity contribution in [1.82, 2.24) is 0 Å². The van der Waals surface area contributed by atoms with Gasteiger partial charge in [-0.3, -0.25) is 0 Å². The van der Waals surface area contributed by atoms with Crippen LogP contribution in [0.5, 0.6) is 0 Å². The van der Waals surface area contributed by atoms with Gasteiger partial charge in [0, 0.05) is 6.61 Å². The van der Waals surface area contributed by atoms with Crippen LogP contribution in [0.2, 0.25) is 0 Å². The van der Waals surface area contributed by atoms with Gasteiger partial charge >= 0.3 is 0 Å². The van der Waals surface area contributed by atoms with E-state index in [1.54, 1.807) is 6.92 Å². The quantitative estimate of drug-likeness (QED) is 0.421. The number of aliphatic hydroxyl groups is 4. The monoisotopic (exact) mass is 208 g/mol. The van der Waals surface area contributed by atoms with Gasteiger partial charge in [-0.05, 0) is 6.92 Å². The van der Waals surface area contributed by atoms with Gasteiger partial charge in [0.05, 0.1) is 6.61 Å². The molecule has 0 aromatic carbocycles. The predicted molar refractivity (Wildman–Crippen MR) is 45.4 cm³/mol. The van der Waals surface area contributed by atoms with Crippen LogP contribution in [0.15, 0.2) is 0 Å². The Morgan fingerprint density at radius 2 is 1.86 bits per heavy atom. The maximum absolute atomic E-state index is 9.51. The summed E-state index contributed by atoms with van der Waals surface area (Å²) in [4.78, 5) is 0. The van der Waals surface area contributed by atoms with E-state index >= 15 is 0 Å². The van der Waals surface area contributed by atoms with Gasteiger partial charge in [-0.25, -0.2) is 0 Å². The Balaban J connectivity index is 2.63. The van der Waals surface area contributed by atoms with E-state index in [2.05, 4.69) is 0 Å². The van der Waals surface area contributed by atoms with Gasteiger partial charge in [0.1, 0.15) is 24.4 Å². The van der Waals surface area contributed by atoms with Crippen LogP contribution in [-0.2, 0) is 9.47 Å². The molecule has 0 amide bonds. The lowest BCUT2D eigenvalue weighted by Gasteiger charge is -2.39. The average molecular weight is 208 g/mol. The van der Waals surface area contributed by atoms with Crippen molar-refractivity contribution in [2.45, 2.75) is 37.6 Å². The molecule has 0 spiro atoms. The van der Waals surface area contributed by atoms with Crippen LogP contribution >= 0.6 is 0 Å². The molecule has 1 heterocycles. The molecule has 0 aromatic rings. The lowest BCUT2D eigenvalue weighted by molar-refractivity contribution is -0.295. The van der Waals surface area contributed by atoms with E-state index in [1.165, 1.54) is 0 Å². The fourth-order valence-corrected chi connectivity index (χ4v) is 1.44. The van der Waals surface area contributed by atoms with E-state index in [9.17, 15) is 15.3 Å². The summed E-state index contributed by atoms with van der Waals surface area (Å²) in [6.07, 6.45) is -5.78. The van der Waals surface area contributed by atoms with Gasteiger partial charge in [-0.2, -0.15) is 0 Å². The summed E-state index contributed by atoms with van der Waals surface area (Å²) >= 11 is 0. The van der Waals surface area contributed by atoms with Gasteiger partial charge in [0.25, 0.3) is 0 Å². The summed E-state index contributed by atoms with van der Waals surface area (Å²) in [5.74, 6) is 0. The number of aliphatic hydroxyl groups excluding tert-OH is 4. The normalized spacial score (nSPS) is 43.9. The molecule has 1 rings (SSSR count). The van der Waals surface area contributed by atoms with E-state index in [4.69, 9.17) is 14.6 Å². The Labute approximate surface area is 81.7 Å². The lowest BCUT2D eigenvalue weighted by Crippen LogP contribution is -2.59. The van der Waals surface area contributed by atoms with Crippen LogP contribution in [0.1, 0.15) is 6.92 Å². The second-order valence-corrected chi connectivity index (χ2v) is 3.15. The minimum absolute atomic E-state index is 0.290. The van der Waals surface area contributed by atoms with Gasteiger partial charge in [-0.1, -0.05) is 0 Å². The summed E-state index contributed by atoms with van der Waals surface area (Å²) in [5, 5.41) is 37.1. The Morgan fingerprint density at radius 3 is 2.36 bits per heavy atom. The highest BCUT2D eigenvalue weighted by atomic mass is 16.7. The van der Waals surface area contributed by atoms with Crippen LogP contribution in [-0.4, -0.2) is 64.3 Å². The molecule has 84 valence electrons. The molecule has 4 N–H and O–H groups in total. The molecule has 1 aliphatic rings. The second kappa shape index (κ2) is 5.01. The number of ether oxygens (including phenoxy) is 2. The first-order chi connectivity index (χ1) is 6.61. The van der Waals surface area contributed by atoms with E-state index in [0.29, 0.717) is 6.61 Å². The molecule has 14 heavy (non-hydrogen) atoms. The van der Waals surface area contributed by atoms with Crippen molar-refractivity contribution >= 4 is 0 Å². The Hall–Kier alpha value is -0.240. The van der Waals surface area contributed by atoms with E-state index in [1.807, 2.05) is 0 Å². The molecule has 1 unspecified atom stereocenters. The van der Waals surface area contributed by atoms with Crippen LogP contribution in [0.3, 0.4) is 0 Å². The standard InChI is InChI=1S/C8H16O6/c1-2-13-7-6(11)5(10)4(3-9)14-8(7)12/h4-12H,2-3H2,1H3/t4-,5-,6+,7+,8?/m1/s1. The second-order valence-electron chi connectivity index (χ2n) is 3.15. The van der Waals surface area contributed by atoms with Gasteiger partial charge in [-0.15, -0.1) is 0 Å². The number of rotatable bonds is 3.